The fourth-order valence-corrected chi connectivity index (χ4v) is 4.30. The standard InChI is InChI=1S/C17H15N5O2S2/c23-15-10-20-17(24)22(15)8-7-19-16-18-6-5-11(21-16)12-3-4-14(26-12)13-2-1-9-25-13/h1-6,9-10,23H,7-8H2,(H,20,24)(H,18,19,21). The predicted octanol–water partition coefficient (Wildman–Crippen LogP) is 3.24. The highest BCUT2D eigenvalue weighted by Crippen LogP contribution is 2.35. The largest absolute Gasteiger partial charge is 0.493 e. The Morgan fingerprint density at radius 3 is 2.85 bits per heavy atom. The van der Waals surface area contributed by atoms with Crippen molar-refractivity contribution in [3.63, 3.8) is 0 Å². The number of aromatic amines is 1. The third kappa shape index (κ3) is 3.39. The maximum atomic E-state index is 11.5. The Labute approximate surface area is 156 Å². The highest BCUT2D eigenvalue weighted by Gasteiger charge is 2.08. The van der Waals surface area contributed by atoms with Gasteiger partial charge < -0.3 is 15.4 Å². The topological polar surface area (TPSA) is 95.8 Å². The lowest BCUT2D eigenvalue weighted by atomic mass is 10.3. The van der Waals surface area contributed by atoms with Crippen LogP contribution in [-0.4, -0.2) is 31.2 Å². The van der Waals surface area contributed by atoms with Crippen molar-refractivity contribution in [2.45, 2.75) is 6.54 Å². The molecule has 132 valence electrons. The third-order valence-corrected chi connectivity index (χ3v) is 5.92. The SMILES string of the molecule is O=c1[nH]cc(O)n1CCNc1nccc(-c2ccc(-c3cccs3)s2)n1. The van der Waals surface area contributed by atoms with E-state index in [-0.39, 0.29) is 11.6 Å². The second kappa shape index (κ2) is 7.14. The van der Waals surface area contributed by atoms with Gasteiger partial charge in [0.1, 0.15) is 0 Å². The van der Waals surface area contributed by atoms with Crippen molar-refractivity contribution in [1.82, 2.24) is 19.5 Å². The Morgan fingerprint density at radius 2 is 2.08 bits per heavy atom. The Hall–Kier alpha value is -2.91. The number of rotatable bonds is 6. The number of aromatic nitrogens is 4. The van der Waals surface area contributed by atoms with Crippen LogP contribution in [0.4, 0.5) is 5.95 Å². The van der Waals surface area contributed by atoms with Gasteiger partial charge in [0.25, 0.3) is 0 Å². The molecule has 9 heteroatoms. The van der Waals surface area contributed by atoms with Crippen molar-refractivity contribution in [3.8, 4) is 26.2 Å². The minimum Gasteiger partial charge on any atom is -0.493 e. The van der Waals surface area contributed by atoms with E-state index in [0.29, 0.717) is 19.0 Å². The molecule has 0 saturated heterocycles. The number of anilines is 1. The van der Waals surface area contributed by atoms with Gasteiger partial charge in [0.2, 0.25) is 11.8 Å². The molecule has 0 atom stereocenters. The summed E-state index contributed by atoms with van der Waals surface area (Å²) < 4.78 is 1.24. The number of nitrogens with zero attached hydrogens (tertiary/aromatic N) is 3. The van der Waals surface area contributed by atoms with E-state index >= 15 is 0 Å². The molecule has 0 aliphatic carbocycles. The first-order valence-corrected chi connectivity index (χ1v) is 9.58. The molecule has 4 rings (SSSR count). The van der Waals surface area contributed by atoms with Gasteiger partial charge in [-0.05, 0) is 29.6 Å². The monoisotopic (exact) mass is 385 g/mol. The van der Waals surface area contributed by atoms with Crippen molar-refractivity contribution in [2.24, 2.45) is 0 Å². The molecule has 3 N–H and O–H groups in total. The first-order valence-electron chi connectivity index (χ1n) is 7.89. The molecule has 7 nitrogen and oxygen atoms in total. The summed E-state index contributed by atoms with van der Waals surface area (Å²) in [5.41, 5.74) is 0.496. The summed E-state index contributed by atoms with van der Waals surface area (Å²) in [5.74, 6) is 0.391. The summed E-state index contributed by atoms with van der Waals surface area (Å²) in [5, 5.41) is 14.7. The van der Waals surface area contributed by atoms with Crippen LogP contribution in [0, 0.1) is 0 Å². The molecular formula is C17H15N5O2S2. The maximum Gasteiger partial charge on any atom is 0.328 e. The molecule has 0 saturated carbocycles. The minimum absolute atomic E-state index is 0.0915. The van der Waals surface area contributed by atoms with E-state index in [1.54, 1.807) is 28.9 Å². The molecule has 0 aliphatic rings. The van der Waals surface area contributed by atoms with Gasteiger partial charge in [0.05, 0.1) is 16.8 Å². The van der Waals surface area contributed by atoms with Crippen LogP contribution in [0.1, 0.15) is 0 Å². The highest BCUT2D eigenvalue weighted by molar-refractivity contribution is 7.23. The molecule has 0 amide bonds. The predicted molar refractivity (Wildman–Crippen MR) is 104 cm³/mol. The van der Waals surface area contributed by atoms with Crippen LogP contribution in [0.3, 0.4) is 0 Å². The van der Waals surface area contributed by atoms with E-state index in [4.69, 9.17) is 0 Å². The summed E-state index contributed by atoms with van der Waals surface area (Å²) in [4.78, 5) is 26.2. The number of hydrogen-bond acceptors (Lipinski definition) is 7. The fourth-order valence-electron chi connectivity index (χ4n) is 2.49. The van der Waals surface area contributed by atoms with Crippen molar-refractivity contribution >= 4 is 28.6 Å². The van der Waals surface area contributed by atoms with Crippen LogP contribution in [-0.2, 0) is 6.54 Å². The van der Waals surface area contributed by atoms with Gasteiger partial charge in [-0.3, -0.25) is 4.57 Å². The number of thiophene rings is 2. The van der Waals surface area contributed by atoms with Gasteiger partial charge in [0, 0.05) is 29.0 Å². The molecule has 0 aromatic carbocycles. The van der Waals surface area contributed by atoms with E-state index in [9.17, 15) is 9.90 Å². The number of aromatic hydroxyl groups is 1. The lowest BCUT2D eigenvalue weighted by Gasteiger charge is -2.06. The van der Waals surface area contributed by atoms with Gasteiger partial charge in [-0.15, -0.1) is 22.7 Å². The van der Waals surface area contributed by atoms with E-state index in [2.05, 4.69) is 43.8 Å². The molecule has 4 aromatic heterocycles. The molecule has 4 aromatic rings. The zero-order valence-electron chi connectivity index (χ0n) is 13.5. The first-order chi connectivity index (χ1) is 12.7. The zero-order chi connectivity index (χ0) is 17.9. The van der Waals surface area contributed by atoms with Crippen molar-refractivity contribution in [1.29, 1.82) is 0 Å². The average molecular weight is 385 g/mol. The van der Waals surface area contributed by atoms with Crippen LogP contribution >= 0.6 is 22.7 Å². The van der Waals surface area contributed by atoms with Crippen LogP contribution in [0.15, 0.2) is 52.9 Å². The van der Waals surface area contributed by atoms with Crippen LogP contribution in [0.25, 0.3) is 20.3 Å². The molecule has 26 heavy (non-hydrogen) atoms. The third-order valence-electron chi connectivity index (χ3n) is 3.74. The summed E-state index contributed by atoms with van der Waals surface area (Å²) >= 11 is 3.40. The van der Waals surface area contributed by atoms with Crippen LogP contribution < -0.4 is 11.0 Å². The molecule has 0 fully saturated rings. The Bertz CT molecular complexity index is 1060. The summed E-state index contributed by atoms with van der Waals surface area (Å²) in [7, 11) is 0. The van der Waals surface area contributed by atoms with Gasteiger partial charge >= 0.3 is 5.69 Å². The Balaban J connectivity index is 1.46. The van der Waals surface area contributed by atoms with Crippen molar-refractivity contribution in [2.75, 3.05) is 11.9 Å². The van der Waals surface area contributed by atoms with Crippen LogP contribution in [0.5, 0.6) is 5.88 Å². The first kappa shape index (κ1) is 16.6. The molecule has 0 bridgehead atoms. The Kier molecular flexibility index (Phi) is 4.55. The molecular weight excluding hydrogens is 370 g/mol. The second-order valence-electron chi connectivity index (χ2n) is 5.44. The number of imidazole rings is 1. The van der Waals surface area contributed by atoms with Gasteiger partial charge in [-0.25, -0.2) is 14.8 Å². The van der Waals surface area contributed by atoms with E-state index < -0.39 is 0 Å². The molecule has 0 spiro atoms. The molecule has 4 heterocycles. The lowest BCUT2D eigenvalue weighted by molar-refractivity contribution is 0.416. The van der Waals surface area contributed by atoms with E-state index in [1.165, 1.54) is 20.5 Å². The van der Waals surface area contributed by atoms with Crippen molar-refractivity contribution in [3.05, 3.63) is 58.6 Å². The normalized spacial score (nSPS) is 10.9. The molecule has 0 unspecified atom stereocenters. The van der Waals surface area contributed by atoms with E-state index in [0.717, 1.165) is 10.6 Å². The molecule has 0 aliphatic heterocycles. The quantitative estimate of drug-likeness (QED) is 0.473. The Morgan fingerprint density at radius 1 is 1.19 bits per heavy atom. The maximum absolute atomic E-state index is 11.5. The lowest BCUT2D eigenvalue weighted by Crippen LogP contribution is -2.21. The highest BCUT2D eigenvalue weighted by atomic mass is 32.1. The second-order valence-corrected chi connectivity index (χ2v) is 7.47. The number of H-pyrrole nitrogens is 1. The summed E-state index contributed by atoms with van der Waals surface area (Å²) in [6.07, 6.45) is 2.97. The van der Waals surface area contributed by atoms with Crippen LogP contribution in [0.2, 0.25) is 0 Å². The van der Waals surface area contributed by atoms with Crippen molar-refractivity contribution < 1.29 is 5.11 Å². The van der Waals surface area contributed by atoms with Gasteiger partial charge in [0.15, 0.2) is 0 Å². The summed E-state index contributed by atoms with van der Waals surface area (Å²) in [6.45, 7) is 0.725. The fraction of sp³-hybridized carbons (Fsp3) is 0.118. The van der Waals surface area contributed by atoms with Gasteiger partial charge in [-0.2, -0.15) is 0 Å². The van der Waals surface area contributed by atoms with E-state index in [1.807, 2.05) is 12.1 Å². The smallest absolute Gasteiger partial charge is 0.328 e. The summed E-state index contributed by atoms with van der Waals surface area (Å²) in [6, 6.07) is 10.2. The minimum atomic E-state index is -0.348. The average Bonchev–Trinajstić information content (AvgIpc) is 3.39. The molecule has 0 radical (unpaired) electrons. The van der Waals surface area contributed by atoms with Gasteiger partial charge in [-0.1, -0.05) is 6.07 Å². The zero-order valence-corrected chi connectivity index (χ0v) is 15.2. The number of hydrogen-bond donors (Lipinski definition) is 3. The number of nitrogens with one attached hydrogen (secondary N) is 2.